The fourth-order valence-electron chi connectivity index (χ4n) is 1.07. The Morgan fingerprint density at radius 3 is 2.25 bits per heavy atom. The van der Waals surface area contributed by atoms with E-state index >= 15 is 0 Å². The van der Waals surface area contributed by atoms with Crippen molar-refractivity contribution in [3.8, 4) is 0 Å². The summed E-state index contributed by atoms with van der Waals surface area (Å²) in [4.78, 5) is 0. The molecule has 0 unspecified atom stereocenters. The second-order valence-electron chi connectivity index (χ2n) is 3.07. The molecule has 8 heavy (non-hydrogen) atoms. The molecule has 2 heteroatoms. The Morgan fingerprint density at radius 2 is 2.00 bits per heavy atom. The normalized spacial score (nSPS) is 27.8. The van der Waals surface area contributed by atoms with E-state index in [0.717, 1.165) is 6.61 Å². The van der Waals surface area contributed by atoms with Crippen molar-refractivity contribution in [2.45, 2.75) is 29.6 Å². The van der Waals surface area contributed by atoms with Crippen molar-refractivity contribution >= 4 is 13.6 Å². The average molecular weight is 175 g/mol. The van der Waals surface area contributed by atoms with Gasteiger partial charge in [0.2, 0.25) is 0 Å². The van der Waals surface area contributed by atoms with Crippen LogP contribution in [0.5, 0.6) is 0 Å². The molecule has 1 fully saturated rings. The van der Waals surface area contributed by atoms with Crippen LogP contribution in [0.25, 0.3) is 0 Å². The molecule has 0 bridgehead atoms. The minimum atomic E-state index is -1.53. The van der Waals surface area contributed by atoms with Gasteiger partial charge in [-0.2, -0.15) is 0 Å². The zero-order valence-electron chi connectivity index (χ0n) is 5.74. The van der Waals surface area contributed by atoms with E-state index in [0.29, 0.717) is 0 Å². The van der Waals surface area contributed by atoms with Gasteiger partial charge in [-0.3, -0.25) is 0 Å². The van der Waals surface area contributed by atoms with Gasteiger partial charge in [0.1, 0.15) is 0 Å². The Bertz CT molecular complexity index is 72.6. The molecule has 1 rings (SSSR count). The van der Waals surface area contributed by atoms with Crippen LogP contribution in [-0.2, 0) is 3.76 Å². The fraction of sp³-hybridized carbons (Fsp3) is 1.00. The summed E-state index contributed by atoms with van der Waals surface area (Å²) in [6.45, 7) is 1.05. The van der Waals surface area contributed by atoms with Gasteiger partial charge in [0, 0.05) is 0 Å². The van der Waals surface area contributed by atoms with Crippen LogP contribution in [0.2, 0.25) is 16.8 Å². The van der Waals surface area contributed by atoms with Gasteiger partial charge in [-0.1, -0.05) is 0 Å². The van der Waals surface area contributed by atoms with Gasteiger partial charge in [-0.15, -0.1) is 0 Å². The second-order valence-corrected chi connectivity index (χ2v) is 12.1. The first-order chi connectivity index (χ1) is 3.71. The van der Waals surface area contributed by atoms with Crippen LogP contribution in [-0.4, -0.2) is 20.2 Å². The van der Waals surface area contributed by atoms with Crippen LogP contribution < -0.4 is 0 Å². The molecule has 0 N–H and O–H groups in total. The summed E-state index contributed by atoms with van der Waals surface area (Å²) in [6, 6.07) is 0. The van der Waals surface area contributed by atoms with E-state index in [9.17, 15) is 0 Å². The van der Waals surface area contributed by atoms with Gasteiger partial charge in [-0.05, 0) is 0 Å². The third-order valence-electron chi connectivity index (χ3n) is 1.67. The molecule has 1 heterocycles. The van der Waals surface area contributed by atoms with Crippen LogP contribution in [0.4, 0.5) is 0 Å². The van der Waals surface area contributed by atoms with Crippen LogP contribution in [0.15, 0.2) is 0 Å². The molecule has 0 amide bonds. The summed E-state index contributed by atoms with van der Waals surface area (Å²) in [7, 11) is 0. The molecule has 0 aromatic carbocycles. The van der Waals surface area contributed by atoms with Crippen LogP contribution >= 0.6 is 0 Å². The summed E-state index contributed by atoms with van der Waals surface area (Å²) >= 11 is -1.53. The topological polar surface area (TPSA) is 9.23 Å². The molecule has 0 aliphatic carbocycles. The van der Waals surface area contributed by atoms with E-state index in [1.807, 2.05) is 0 Å². The average Bonchev–Trinajstić information content (AvgIpc) is 1.65. The first kappa shape index (κ1) is 6.62. The van der Waals surface area contributed by atoms with E-state index in [1.165, 1.54) is 18.1 Å². The molecule has 1 saturated heterocycles. The summed E-state index contributed by atoms with van der Waals surface area (Å²) in [5.74, 6) is 4.69. The van der Waals surface area contributed by atoms with Gasteiger partial charge in [0.05, 0.1) is 0 Å². The molecule has 0 spiro atoms. The van der Waals surface area contributed by atoms with E-state index in [-0.39, 0.29) is 0 Å². The van der Waals surface area contributed by atoms with E-state index < -0.39 is 13.6 Å². The molecule has 0 radical (unpaired) electrons. The number of hydrogen-bond donors (Lipinski definition) is 0. The Balaban J connectivity index is 2.33. The van der Waals surface area contributed by atoms with Crippen molar-refractivity contribution < 1.29 is 3.76 Å². The monoisotopic (exact) mass is 176 g/mol. The third kappa shape index (κ3) is 1.79. The predicted molar refractivity (Wildman–Crippen MR) is 37.5 cm³/mol. The summed E-state index contributed by atoms with van der Waals surface area (Å²) in [6.07, 6.45) is 2.72. The molecular formula is C6H14GeO. The molecule has 0 aromatic rings. The van der Waals surface area contributed by atoms with Gasteiger partial charge in [0.25, 0.3) is 0 Å². The van der Waals surface area contributed by atoms with E-state index in [2.05, 4.69) is 11.5 Å². The molecule has 48 valence electrons. The Hall–Kier alpha value is 0.503. The van der Waals surface area contributed by atoms with E-state index in [1.54, 1.807) is 0 Å². The molecule has 0 atom stereocenters. The summed E-state index contributed by atoms with van der Waals surface area (Å²) in [5, 5.41) is 1.42. The van der Waals surface area contributed by atoms with Crippen molar-refractivity contribution in [2.75, 3.05) is 6.61 Å². The minimum absolute atomic E-state index is 1.05. The molecule has 1 aliphatic rings. The predicted octanol–water partition coefficient (Wildman–Crippen LogP) is 2.00. The Labute approximate surface area is 54.1 Å². The maximum atomic E-state index is 5.65. The van der Waals surface area contributed by atoms with Crippen LogP contribution in [0.1, 0.15) is 12.8 Å². The fourth-order valence-corrected chi connectivity index (χ4v) is 5.15. The van der Waals surface area contributed by atoms with Gasteiger partial charge in [-0.25, -0.2) is 0 Å². The van der Waals surface area contributed by atoms with Gasteiger partial charge >= 0.3 is 53.6 Å². The summed E-state index contributed by atoms with van der Waals surface area (Å²) in [5.41, 5.74) is 0. The Kier molecular flexibility index (Phi) is 1.98. The van der Waals surface area contributed by atoms with Crippen molar-refractivity contribution in [2.24, 2.45) is 0 Å². The first-order valence-electron chi connectivity index (χ1n) is 3.35. The molecule has 1 nitrogen and oxygen atoms in total. The number of rotatable bonds is 0. The molecule has 0 saturated carbocycles. The zero-order chi connectivity index (χ0) is 6.04. The zero-order valence-corrected chi connectivity index (χ0v) is 7.83. The maximum absolute atomic E-state index is 5.65. The molecule has 1 aliphatic heterocycles. The van der Waals surface area contributed by atoms with Gasteiger partial charge < -0.3 is 0 Å². The van der Waals surface area contributed by atoms with Crippen molar-refractivity contribution in [1.82, 2.24) is 0 Å². The molecule has 0 aromatic heterocycles. The summed E-state index contributed by atoms with van der Waals surface area (Å²) < 4.78 is 5.65. The van der Waals surface area contributed by atoms with Crippen molar-refractivity contribution in [3.05, 3.63) is 0 Å². The SMILES string of the molecule is [CH3][Ge]1([CH3])[CH2]CCC[O]1. The molecular weight excluding hydrogens is 161 g/mol. The third-order valence-corrected chi connectivity index (χ3v) is 7.00. The van der Waals surface area contributed by atoms with E-state index in [4.69, 9.17) is 3.76 Å². The van der Waals surface area contributed by atoms with Crippen molar-refractivity contribution in [1.29, 1.82) is 0 Å². The van der Waals surface area contributed by atoms with Crippen molar-refractivity contribution in [3.63, 3.8) is 0 Å². The van der Waals surface area contributed by atoms with Crippen LogP contribution in [0, 0.1) is 0 Å². The quantitative estimate of drug-likeness (QED) is 0.511. The van der Waals surface area contributed by atoms with Crippen LogP contribution in [0.3, 0.4) is 0 Å². The first-order valence-corrected chi connectivity index (χ1v) is 9.88. The number of hydrogen-bond acceptors (Lipinski definition) is 1. The standard InChI is InChI=1S/C6H14GeO/c1-7(2)5-3-4-6-8-7/h3-6H2,1-2H3. The Morgan fingerprint density at radius 1 is 1.25 bits per heavy atom. The second kappa shape index (κ2) is 2.40. The van der Waals surface area contributed by atoms with Gasteiger partial charge in [0.15, 0.2) is 0 Å².